The van der Waals surface area contributed by atoms with E-state index < -0.39 is 34.3 Å². The average Bonchev–Trinajstić information content (AvgIpc) is 2.92. The van der Waals surface area contributed by atoms with Crippen molar-refractivity contribution < 1.29 is 31.9 Å². The van der Waals surface area contributed by atoms with Gasteiger partial charge in [0.1, 0.15) is 31.6 Å². The molecule has 1 N–H and O–H groups in total. The largest absolute Gasteiger partial charge is 0.486 e. The van der Waals surface area contributed by atoms with E-state index in [1.807, 2.05) is 6.92 Å². The van der Waals surface area contributed by atoms with Crippen LogP contribution in [0.15, 0.2) is 42.5 Å². The maximum absolute atomic E-state index is 13.8. The first-order valence-corrected chi connectivity index (χ1v) is 14.5. The predicted molar refractivity (Wildman–Crippen MR) is 143 cm³/mol. The number of nitrogens with one attached hydrogen (secondary N) is 1. The van der Waals surface area contributed by atoms with Crippen LogP contribution in [0, 0.1) is 5.82 Å². The highest BCUT2D eigenvalue weighted by Gasteiger charge is 2.32. The Bertz CT molecular complexity index is 1210. The first-order chi connectivity index (χ1) is 18.2. The number of sulfonamides is 1. The summed E-state index contributed by atoms with van der Waals surface area (Å²) in [6.45, 7) is 5.97. The first kappa shape index (κ1) is 29.2. The molecule has 0 bridgehead atoms. The van der Waals surface area contributed by atoms with Crippen molar-refractivity contribution in [2.45, 2.75) is 52.6 Å². The highest BCUT2D eigenvalue weighted by Crippen LogP contribution is 2.35. The molecule has 1 aliphatic rings. The zero-order valence-corrected chi connectivity index (χ0v) is 22.9. The van der Waals surface area contributed by atoms with E-state index in [-0.39, 0.29) is 23.9 Å². The molecule has 0 aliphatic carbocycles. The van der Waals surface area contributed by atoms with Crippen molar-refractivity contribution in [3.05, 3.63) is 53.8 Å². The maximum atomic E-state index is 13.8. The lowest BCUT2D eigenvalue weighted by Gasteiger charge is -2.33. The summed E-state index contributed by atoms with van der Waals surface area (Å²) in [5, 5.41) is 2.87. The molecule has 1 heterocycles. The molecule has 0 saturated heterocycles. The normalized spacial score (nSPS) is 13.5. The summed E-state index contributed by atoms with van der Waals surface area (Å²) in [5.74, 6) is -0.647. The van der Waals surface area contributed by atoms with Crippen molar-refractivity contribution in [3.63, 3.8) is 0 Å². The lowest BCUT2D eigenvalue weighted by atomic mass is 10.1. The van der Waals surface area contributed by atoms with Gasteiger partial charge in [0.15, 0.2) is 11.5 Å². The minimum Gasteiger partial charge on any atom is -0.486 e. The molecular weight excluding hydrogens is 513 g/mol. The number of unbranched alkanes of at least 4 members (excludes halogenated alkanes) is 1. The van der Waals surface area contributed by atoms with Gasteiger partial charge in [-0.15, -0.1) is 0 Å². The van der Waals surface area contributed by atoms with Crippen molar-refractivity contribution in [2.24, 2.45) is 0 Å². The summed E-state index contributed by atoms with van der Waals surface area (Å²) in [7, 11) is -3.88. The molecule has 0 spiro atoms. The van der Waals surface area contributed by atoms with Gasteiger partial charge in [-0.2, -0.15) is 0 Å². The second-order valence-corrected chi connectivity index (χ2v) is 11.1. The van der Waals surface area contributed by atoms with Crippen LogP contribution >= 0.6 is 0 Å². The lowest BCUT2D eigenvalue weighted by molar-refractivity contribution is -0.140. The molecule has 1 atom stereocenters. The number of benzene rings is 2. The molecule has 9 nitrogen and oxygen atoms in total. The number of carbonyl (C=O) groups is 2. The molecule has 2 aromatic carbocycles. The summed E-state index contributed by atoms with van der Waals surface area (Å²) in [6, 6.07) is 9.51. The fourth-order valence-electron chi connectivity index (χ4n) is 4.12. The smallest absolute Gasteiger partial charge is 0.244 e. The lowest BCUT2D eigenvalue weighted by Crippen LogP contribution is -2.52. The van der Waals surface area contributed by atoms with Gasteiger partial charge in [0.05, 0.1) is 11.4 Å². The van der Waals surface area contributed by atoms with Gasteiger partial charge < -0.3 is 19.7 Å². The zero-order chi connectivity index (χ0) is 27.7. The van der Waals surface area contributed by atoms with Crippen LogP contribution in [0.2, 0.25) is 0 Å². The van der Waals surface area contributed by atoms with Crippen molar-refractivity contribution in [2.75, 3.05) is 36.4 Å². The van der Waals surface area contributed by atoms with Gasteiger partial charge in [-0.1, -0.05) is 32.4 Å². The van der Waals surface area contributed by atoms with E-state index in [4.69, 9.17) is 9.47 Å². The number of fused-ring (bicyclic) bond motifs is 1. The Kier molecular flexibility index (Phi) is 10.3. The molecule has 2 amide bonds. The fourth-order valence-corrected chi connectivity index (χ4v) is 5.17. The Labute approximate surface area is 224 Å². The number of anilines is 1. The first-order valence-electron chi connectivity index (χ1n) is 12.9. The van der Waals surface area contributed by atoms with Crippen molar-refractivity contribution >= 4 is 27.5 Å². The standard InChI is InChI=1S/C27H36FN3O6S/c1-4-7-14-29-27(33)23(5-2)30(18-20-8-10-21(28)11-9-20)26(32)19-31(38(34,35)6-3)22-12-13-24-25(17-22)37-16-15-36-24/h8-13,17,23H,4-7,14-16,18-19H2,1-3H3,(H,29,33). The highest BCUT2D eigenvalue weighted by atomic mass is 32.2. The Hall–Kier alpha value is -3.34. The van der Waals surface area contributed by atoms with E-state index in [2.05, 4.69) is 5.32 Å². The van der Waals surface area contributed by atoms with Crippen molar-refractivity contribution in [1.29, 1.82) is 0 Å². The Morgan fingerprint density at radius 2 is 1.71 bits per heavy atom. The molecule has 0 aromatic heterocycles. The number of hydrogen-bond acceptors (Lipinski definition) is 6. The molecule has 208 valence electrons. The third-order valence-electron chi connectivity index (χ3n) is 6.27. The molecule has 2 aromatic rings. The number of nitrogens with zero attached hydrogens (tertiary/aromatic N) is 2. The number of halogens is 1. The quantitative estimate of drug-likeness (QED) is 0.384. The third-order valence-corrected chi connectivity index (χ3v) is 8.02. The SMILES string of the molecule is CCCCNC(=O)C(CC)N(Cc1ccc(F)cc1)C(=O)CN(c1ccc2c(c1)OCCO2)S(=O)(=O)CC. The highest BCUT2D eigenvalue weighted by molar-refractivity contribution is 7.92. The zero-order valence-electron chi connectivity index (χ0n) is 22.1. The Morgan fingerprint density at radius 1 is 1.03 bits per heavy atom. The Morgan fingerprint density at radius 3 is 2.34 bits per heavy atom. The minimum atomic E-state index is -3.88. The van der Waals surface area contributed by atoms with Gasteiger partial charge in [0, 0.05) is 19.2 Å². The molecule has 0 radical (unpaired) electrons. The monoisotopic (exact) mass is 549 g/mol. The van der Waals surface area contributed by atoms with Gasteiger partial charge in [-0.25, -0.2) is 12.8 Å². The number of carbonyl (C=O) groups excluding carboxylic acids is 2. The van der Waals surface area contributed by atoms with Crippen molar-refractivity contribution in [1.82, 2.24) is 10.2 Å². The molecule has 0 fully saturated rings. The van der Waals surface area contributed by atoms with E-state index in [0.29, 0.717) is 43.2 Å². The predicted octanol–water partition coefficient (Wildman–Crippen LogP) is 3.48. The van der Waals surface area contributed by atoms with Crippen LogP contribution in [0.4, 0.5) is 10.1 Å². The number of rotatable bonds is 13. The van der Waals surface area contributed by atoms with Gasteiger partial charge in [0.25, 0.3) is 0 Å². The minimum absolute atomic E-state index is 0.0139. The van der Waals surface area contributed by atoms with Gasteiger partial charge in [0.2, 0.25) is 21.8 Å². The number of ether oxygens (including phenoxy) is 2. The van der Waals surface area contributed by atoms with Crippen LogP contribution in [0.3, 0.4) is 0 Å². The molecule has 3 rings (SSSR count). The summed E-state index contributed by atoms with van der Waals surface area (Å²) < 4.78 is 52.0. The second kappa shape index (κ2) is 13.5. The molecular formula is C27H36FN3O6S. The molecule has 1 unspecified atom stereocenters. The molecule has 11 heteroatoms. The Balaban J connectivity index is 1.95. The van der Waals surface area contributed by atoms with Crippen LogP contribution in [0.5, 0.6) is 11.5 Å². The molecule has 1 aliphatic heterocycles. The molecule has 38 heavy (non-hydrogen) atoms. The van der Waals surface area contributed by atoms with Crippen molar-refractivity contribution in [3.8, 4) is 11.5 Å². The summed E-state index contributed by atoms with van der Waals surface area (Å²) in [5.41, 5.74) is 0.871. The van der Waals surface area contributed by atoms with E-state index in [9.17, 15) is 22.4 Å². The van der Waals surface area contributed by atoms with E-state index in [1.165, 1.54) is 30.0 Å². The van der Waals surface area contributed by atoms with Crippen LogP contribution in [-0.4, -0.2) is 63.2 Å². The fraction of sp³-hybridized carbons (Fsp3) is 0.481. The number of amides is 2. The maximum Gasteiger partial charge on any atom is 0.244 e. The van der Waals surface area contributed by atoms with Gasteiger partial charge >= 0.3 is 0 Å². The topological polar surface area (TPSA) is 105 Å². The second-order valence-electron chi connectivity index (χ2n) is 8.95. The summed E-state index contributed by atoms with van der Waals surface area (Å²) in [4.78, 5) is 28.2. The van der Waals surface area contributed by atoms with E-state index in [0.717, 1.165) is 17.1 Å². The van der Waals surface area contributed by atoms with Crippen LogP contribution in [-0.2, 0) is 26.2 Å². The van der Waals surface area contributed by atoms with E-state index >= 15 is 0 Å². The number of hydrogen-bond donors (Lipinski definition) is 1. The van der Waals surface area contributed by atoms with Crippen LogP contribution in [0.1, 0.15) is 45.6 Å². The van der Waals surface area contributed by atoms with E-state index in [1.54, 1.807) is 31.2 Å². The van der Waals surface area contributed by atoms with Crippen LogP contribution < -0.4 is 19.1 Å². The van der Waals surface area contributed by atoms with Gasteiger partial charge in [-0.3, -0.25) is 13.9 Å². The van der Waals surface area contributed by atoms with Crippen LogP contribution in [0.25, 0.3) is 0 Å². The molecule has 0 saturated carbocycles. The summed E-state index contributed by atoms with van der Waals surface area (Å²) in [6.07, 6.45) is 2.00. The average molecular weight is 550 g/mol. The summed E-state index contributed by atoms with van der Waals surface area (Å²) >= 11 is 0. The third kappa shape index (κ3) is 7.37. The van der Waals surface area contributed by atoms with Gasteiger partial charge in [-0.05, 0) is 49.6 Å².